The summed E-state index contributed by atoms with van der Waals surface area (Å²) in [4.78, 5) is 6.82. The molecule has 1 unspecified atom stereocenters. The second kappa shape index (κ2) is 3.27. The van der Waals surface area contributed by atoms with Gasteiger partial charge in [-0.1, -0.05) is 0 Å². The second-order valence-corrected chi connectivity index (χ2v) is 5.63. The van der Waals surface area contributed by atoms with Gasteiger partial charge in [-0.05, 0) is 38.8 Å². The number of hydrogen-bond donors (Lipinski definition) is 1. The van der Waals surface area contributed by atoms with Crippen molar-refractivity contribution in [1.29, 1.82) is 0 Å². The van der Waals surface area contributed by atoms with Crippen molar-refractivity contribution >= 4 is 11.3 Å². The topological polar surface area (TPSA) is 36.4 Å². The van der Waals surface area contributed by atoms with Crippen molar-refractivity contribution < 1.29 is 5.11 Å². The Kier molecular flexibility index (Phi) is 2.13. The van der Waals surface area contributed by atoms with Crippen molar-refractivity contribution in [3.63, 3.8) is 0 Å². The third-order valence-electron chi connectivity index (χ3n) is 3.72. The van der Waals surface area contributed by atoms with Gasteiger partial charge in [0.2, 0.25) is 0 Å². The Hall–Kier alpha value is -0.450. The molecule has 2 bridgehead atoms. The molecule has 0 amide bonds. The van der Waals surface area contributed by atoms with Gasteiger partial charge in [0.1, 0.15) is 10.6 Å². The van der Waals surface area contributed by atoms with Crippen LogP contribution in [0.4, 0.5) is 0 Å². The molecule has 1 aromatic rings. The van der Waals surface area contributed by atoms with Crippen LogP contribution in [0.2, 0.25) is 0 Å². The summed E-state index contributed by atoms with van der Waals surface area (Å²) in [6, 6.07) is 0. The molecule has 1 atom stereocenters. The zero-order chi connectivity index (χ0) is 10.5. The number of thiazole rings is 1. The number of fused-ring (bicyclic) bond motifs is 3. The Bertz CT molecular complexity index is 370. The zero-order valence-corrected chi connectivity index (χ0v) is 9.76. The normalized spacial score (nSPS) is 39.6. The fraction of sp³-hybridized carbons (Fsp3) is 0.727. The van der Waals surface area contributed by atoms with E-state index in [9.17, 15) is 5.11 Å². The van der Waals surface area contributed by atoms with Crippen molar-refractivity contribution in [2.24, 2.45) is 5.92 Å². The highest BCUT2D eigenvalue weighted by Crippen LogP contribution is 2.43. The third-order valence-corrected chi connectivity index (χ3v) is 4.84. The van der Waals surface area contributed by atoms with Crippen LogP contribution in [-0.2, 0) is 5.60 Å². The molecule has 4 rings (SSSR count). The first-order valence-corrected chi connectivity index (χ1v) is 6.44. The Labute approximate surface area is 93.8 Å². The fourth-order valence-corrected chi connectivity index (χ4v) is 3.80. The monoisotopic (exact) mass is 224 g/mol. The van der Waals surface area contributed by atoms with Crippen LogP contribution in [0.5, 0.6) is 0 Å². The SMILES string of the molecule is Cc1csc(C2(O)CN3CCC2CC3)n1. The number of piperidine rings is 3. The molecular formula is C11H16N2OS. The van der Waals surface area contributed by atoms with Gasteiger partial charge >= 0.3 is 0 Å². The first-order chi connectivity index (χ1) is 7.18. The van der Waals surface area contributed by atoms with Crippen molar-refractivity contribution in [2.75, 3.05) is 19.6 Å². The van der Waals surface area contributed by atoms with Crippen LogP contribution >= 0.6 is 11.3 Å². The highest BCUT2D eigenvalue weighted by atomic mass is 32.1. The molecule has 0 spiro atoms. The van der Waals surface area contributed by atoms with Crippen LogP contribution in [0.3, 0.4) is 0 Å². The predicted molar refractivity (Wildman–Crippen MR) is 59.9 cm³/mol. The lowest BCUT2D eigenvalue weighted by Crippen LogP contribution is -2.57. The number of rotatable bonds is 1. The van der Waals surface area contributed by atoms with Gasteiger partial charge in [-0.2, -0.15) is 0 Å². The Morgan fingerprint density at radius 2 is 2.27 bits per heavy atom. The number of hydrogen-bond acceptors (Lipinski definition) is 4. The summed E-state index contributed by atoms with van der Waals surface area (Å²) in [6.45, 7) is 5.07. The van der Waals surface area contributed by atoms with Gasteiger partial charge in [0.05, 0.1) is 0 Å². The van der Waals surface area contributed by atoms with Crippen molar-refractivity contribution in [2.45, 2.75) is 25.4 Å². The van der Waals surface area contributed by atoms with Gasteiger partial charge in [0.15, 0.2) is 0 Å². The van der Waals surface area contributed by atoms with Crippen molar-refractivity contribution in [1.82, 2.24) is 9.88 Å². The predicted octanol–water partition coefficient (Wildman–Crippen LogP) is 1.36. The quantitative estimate of drug-likeness (QED) is 0.782. The van der Waals surface area contributed by atoms with E-state index in [2.05, 4.69) is 9.88 Å². The average molecular weight is 224 g/mol. The maximum atomic E-state index is 10.8. The van der Waals surface area contributed by atoms with Crippen LogP contribution in [0.25, 0.3) is 0 Å². The van der Waals surface area contributed by atoms with Crippen LogP contribution in [-0.4, -0.2) is 34.6 Å². The summed E-state index contributed by atoms with van der Waals surface area (Å²) in [5, 5.41) is 13.7. The second-order valence-electron chi connectivity index (χ2n) is 4.77. The van der Waals surface area contributed by atoms with Crippen LogP contribution in [0, 0.1) is 12.8 Å². The first kappa shape index (κ1) is 9.75. The summed E-state index contributed by atoms with van der Waals surface area (Å²) in [5.41, 5.74) is 0.370. The number of aromatic nitrogens is 1. The summed E-state index contributed by atoms with van der Waals surface area (Å²) in [6.07, 6.45) is 2.24. The van der Waals surface area contributed by atoms with E-state index >= 15 is 0 Å². The molecule has 4 heteroatoms. The molecule has 0 saturated carbocycles. The highest BCUT2D eigenvalue weighted by molar-refractivity contribution is 7.09. The van der Waals surface area contributed by atoms with E-state index in [1.54, 1.807) is 11.3 Å². The van der Waals surface area contributed by atoms with Crippen LogP contribution < -0.4 is 0 Å². The molecular weight excluding hydrogens is 208 g/mol. The lowest BCUT2D eigenvalue weighted by molar-refractivity contribution is -0.117. The molecule has 3 fully saturated rings. The van der Waals surface area contributed by atoms with Crippen molar-refractivity contribution in [3.05, 3.63) is 16.1 Å². The standard InChI is InChI=1S/C11H16N2OS/c1-8-6-15-10(12-8)11(14)7-13-4-2-9(11)3-5-13/h6,9,14H,2-5,7H2,1H3. The largest absolute Gasteiger partial charge is 0.381 e. The lowest BCUT2D eigenvalue weighted by atomic mass is 9.76. The molecule has 0 aromatic carbocycles. The lowest BCUT2D eigenvalue weighted by Gasteiger charge is -2.49. The first-order valence-electron chi connectivity index (χ1n) is 5.56. The van der Waals surface area contributed by atoms with E-state index in [1.807, 2.05) is 12.3 Å². The van der Waals surface area contributed by atoms with E-state index in [4.69, 9.17) is 0 Å². The van der Waals surface area contributed by atoms with E-state index in [0.717, 1.165) is 43.2 Å². The van der Waals surface area contributed by atoms with Crippen LogP contribution in [0.15, 0.2) is 5.38 Å². The maximum Gasteiger partial charge on any atom is 0.131 e. The summed E-state index contributed by atoms with van der Waals surface area (Å²) in [5.74, 6) is 0.424. The highest BCUT2D eigenvalue weighted by Gasteiger charge is 2.48. The third kappa shape index (κ3) is 1.43. The zero-order valence-electron chi connectivity index (χ0n) is 8.94. The minimum Gasteiger partial charge on any atom is -0.381 e. The maximum absolute atomic E-state index is 10.8. The van der Waals surface area contributed by atoms with Gasteiger partial charge in [0.25, 0.3) is 0 Å². The summed E-state index contributed by atoms with van der Waals surface area (Å²) >= 11 is 1.61. The van der Waals surface area contributed by atoms with Crippen LogP contribution in [0.1, 0.15) is 23.5 Å². The summed E-state index contributed by atoms with van der Waals surface area (Å²) < 4.78 is 0. The number of aliphatic hydroxyl groups is 1. The van der Waals surface area contributed by atoms with Gasteiger partial charge in [-0.15, -0.1) is 11.3 Å². The van der Waals surface area contributed by atoms with Crippen molar-refractivity contribution in [3.8, 4) is 0 Å². The molecule has 82 valence electrons. The molecule has 15 heavy (non-hydrogen) atoms. The van der Waals surface area contributed by atoms with E-state index in [0.29, 0.717) is 5.92 Å². The Balaban J connectivity index is 1.96. The van der Waals surface area contributed by atoms with Gasteiger partial charge in [-0.25, -0.2) is 4.98 Å². The smallest absolute Gasteiger partial charge is 0.131 e. The van der Waals surface area contributed by atoms with Gasteiger partial charge in [0, 0.05) is 17.6 Å². The van der Waals surface area contributed by atoms with E-state index < -0.39 is 5.60 Å². The minimum absolute atomic E-state index is 0.424. The number of aryl methyl sites for hydroxylation is 1. The molecule has 3 aliphatic heterocycles. The van der Waals surface area contributed by atoms with Gasteiger partial charge < -0.3 is 5.11 Å². The molecule has 0 aliphatic carbocycles. The molecule has 1 N–H and O–H groups in total. The molecule has 1 aromatic heterocycles. The minimum atomic E-state index is -0.657. The fourth-order valence-electron chi connectivity index (χ4n) is 2.83. The molecule has 3 aliphatic rings. The molecule has 4 heterocycles. The Morgan fingerprint density at radius 3 is 2.73 bits per heavy atom. The van der Waals surface area contributed by atoms with Gasteiger partial charge in [-0.3, -0.25) is 4.90 Å². The Morgan fingerprint density at radius 1 is 1.53 bits per heavy atom. The summed E-state index contributed by atoms with van der Waals surface area (Å²) in [7, 11) is 0. The molecule has 3 nitrogen and oxygen atoms in total. The average Bonchev–Trinajstić information content (AvgIpc) is 2.67. The molecule has 0 radical (unpaired) electrons. The number of nitrogens with zero attached hydrogens (tertiary/aromatic N) is 2. The molecule has 3 saturated heterocycles. The van der Waals surface area contributed by atoms with E-state index in [1.165, 1.54) is 0 Å². The van der Waals surface area contributed by atoms with E-state index in [-0.39, 0.29) is 0 Å².